The topological polar surface area (TPSA) is 45.7 Å². The van der Waals surface area contributed by atoms with Gasteiger partial charge >= 0.3 is 5.97 Å². The number of carbonyl (C=O) groups is 1. The van der Waals surface area contributed by atoms with Gasteiger partial charge in [0, 0.05) is 26.2 Å². The van der Waals surface area contributed by atoms with Crippen LogP contribution in [0.1, 0.15) is 27.9 Å². The molecule has 0 N–H and O–H groups in total. The monoisotopic (exact) mass is 407 g/mol. The van der Waals surface area contributed by atoms with Gasteiger partial charge in [-0.1, -0.05) is 30.4 Å². The molecule has 1 aliphatic rings. The lowest BCUT2D eigenvalue weighted by Gasteiger charge is -2.36. The number of carbonyl (C=O) groups excluding carboxylic acids is 1. The summed E-state index contributed by atoms with van der Waals surface area (Å²) in [4.78, 5) is 21.7. The van der Waals surface area contributed by atoms with E-state index in [0.29, 0.717) is 5.56 Å². The maximum atomic E-state index is 12.3. The van der Waals surface area contributed by atoms with Crippen LogP contribution >= 0.6 is 11.3 Å². The molecule has 3 aromatic rings. The van der Waals surface area contributed by atoms with Crippen molar-refractivity contribution in [2.45, 2.75) is 13.5 Å². The van der Waals surface area contributed by atoms with Crippen LogP contribution in [0.4, 0.5) is 5.69 Å². The van der Waals surface area contributed by atoms with Gasteiger partial charge in [-0.25, -0.2) is 9.78 Å². The van der Waals surface area contributed by atoms with Gasteiger partial charge in [-0.15, -0.1) is 11.3 Å². The van der Waals surface area contributed by atoms with Crippen molar-refractivity contribution in [3.63, 3.8) is 0 Å². The predicted molar refractivity (Wildman–Crippen MR) is 120 cm³/mol. The van der Waals surface area contributed by atoms with E-state index in [0.717, 1.165) is 60.1 Å². The summed E-state index contributed by atoms with van der Waals surface area (Å²) >= 11 is 1.77. The highest BCUT2D eigenvalue weighted by Crippen LogP contribution is 2.28. The molecule has 2 heterocycles. The molecule has 0 spiro atoms. The van der Waals surface area contributed by atoms with Crippen LogP contribution in [-0.2, 0) is 11.3 Å². The molecule has 0 aliphatic carbocycles. The number of nitrogens with zero attached hydrogens (tertiary/aromatic N) is 3. The summed E-state index contributed by atoms with van der Waals surface area (Å²) in [5.74, 6) is -0.301. The Bertz CT molecular complexity index is 1020. The first-order valence-corrected chi connectivity index (χ1v) is 10.6. The van der Waals surface area contributed by atoms with Crippen molar-refractivity contribution in [1.29, 1.82) is 0 Å². The van der Waals surface area contributed by atoms with Crippen LogP contribution in [-0.4, -0.2) is 49.1 Å². The summed E-state index contributed by atoms with van der Waals surface area (Å²) in [5.41, 5.74) is 4.64. The van der Waals surface area contributed by atoms with Crippen LogP contribution in [0.5, 0.6) is 0 Å². The van der Waals surface area contributed by atoms with Crippen LogP contribution in [0.2, 0.25) is 0 Å². The van der Waals surface area contributed by atoms with E-state index < -0.39 is 0 Å². The normalized spacial score (nSPS) is 14.9. The first kappa shape index (κ1) is 19.6. The van der Waals surface area contributed by atoms with Gasteiger partial charge in [0.05, 0.1) is 35.1 Å². The van der Waals surface area contributed by atoms with Crippen molar-refractivity contribution in [2.24, 2.45) is 0 Å². The number of esters is 1. The summed E-state index contributed by atoms with van der Waals surface area (Å²) in [5, 5.41) is 1.15. The first-order chi connectivity index (χ1) is 14.0. The SMILES string of the molecule is C=C(C)c1ccc(C(=O)OC)c(N2CCN(Cc3nc4ccccc4s3)CC2)c1. The Hall–Kier alpha value is -2.70. The molecule has 4 rings (SSSR count). The highest BCUT2D eigenvalue weighted by atomic mass is 32.1. The number of benzene rings is 2. The molecule has 1 saturated heterocycles. The van der Waals surface area contributed by atoms with Gasteiger partial charge in [0.25, 0.3) is 0 Å². The lowest BCUT2D eigenvalue weighted by molar-refractivity contribution is 0.0601. The molecule has 0 radical (unpaired) electrons. The zero-order valence-electron chi connectivity index (χ0n) is 16.9. The van der Waals surface area contributed by atoms with E-state index in [4.69, 9.17) is 9.72 Å². The van der Waals surface area contributed by atoms with E-state index in [9.17, 15) is 4.79 Å². The lowest BCUT2D eigenvalue weighted by atomic mass is 10.0. The smallest absolute Gasteiger partial charge is 0.339 e. The Balaban J connectivity index is 1.48. The molecule has 1 fully saturated rings. The molecule has 2 aromatic carbocycles. The Morgan fingerprint density at radius 2 is 1.93 bits per heavy atom. The Morgan fingerprint density at radius 3 is 2.62 bits per heavy atom. The van der Waals surface area contributed by atoms with E-state index in [1.54, 1.807) is 11.3 Å². The maximum Gasteiger partial charge on any atom is 0.339 e. The number of hydrogen-bond donors (Lipinski definition) is 0. The molecule has 0 bridgehead atoms. The van der Waals surface area contributed by atoms with Crippen molar-refractivity contribution in [3.05, 3.63) is 65.2 Å². The molecule has 0 atom stereocenters. The fraction of sp³-hybridized carbons (Fsp3) is 0.304. The highest BCUT2D eigenvalue weighted by Gasteiger charge is 2.23. The molecule has 29 heavy (non-hydrogen) atoms. The van der Waals surface area contributed by atoms with Gasteiger partial charge in [-0.05, 0) is 36.8 Å². The molecule has 0 unspecified atom stereocenters. The number of hydrogen-bond acceptors (Lipinski definition) is 6. The van der Waals surface area contributed by atoms with Gasteiger partial charge in [-0.2, -0.15) is 0 Å². The number of anilines is 1. The second kappa shape index (κ2) is 8.35. The molecular formula is C23H25N3O2S. The number of aromatic nitrogens is 1. The van der Waals surface area contributed by atoms with Crippen LogP contribution < -0.4 is 4.90 Å². The molecule has 6 heteroatoms. The van der Waals surface area contributed by atoms with Crippen molar-refractivity contribution in [1.82, 2.24) is 9.88 Å². The van der Waals surface area contributed by atoms with Gasteiger partial charge in [0.1, 0.15) is 5.01 Å². The van der Waals surface area contributed by atoms with Gasteiger partial charge in [0.2, 0.25) is 0 Å². The van der Waals surface area contributed by atoms with E-state index in [2.05, 4.69) is 40.6 Å². The summed E-state index contributed by atoms with van der Waals surface area (Å²) in [7, 11) is 1.43. The van der Waals surface area contributed by atoms with Crippen molar-refractivity contribution >= 4 is 38.8 Å². The van der Waals surface area contributed by atoms with Crippen LogP contribution in [0, 0.1) is 0 Å². The summed E-state index contributed by atoms with van der Waals surface area (Å²) in [6.07, 6.45) is 0. The molecule has 1 aromatic heterocycles. The van der Waals surface area contributed by atoms with Crippen molar-refractivity contribution in [2.75, 3.05) is 38.2 Å². The predicted octanol–water partition coefficient (Wildman–Crippen LogP) is 4.44. The standard InChI is InChI=1S/C23H25N3O2S/c1-16(2)17-8-9-18(23(27)28-3)20(14-17)26-12-10-25(11-13-26)15-22-24-19-6-4-5-7-21(19)29-22/h4-9,14H,1,10-13,15H2,2-3H3. The zero-order valence-corrected chi connectivity index (χ0v) is 17.7. The zero-order chi connectivity index (χ0) is 20.4. The number of allylic oxidation sites excluding steroid dienone is 1. The number of methoxy groups -OCH3 is 1. The molecule has 150 valence electrons. The van der Waals surface area contributed by atoms with E-state index in [1.165, 1.54) is 11.8 Å². The van der Waals surface area contributed by atoms with Crippen LogP contribution in [0.15, 0.2) is 49.0 Å². The number of para-hydroxylation sites is 1. The first-order valence-electron chi connectivity index (χ1n) is 9.75. The van der Waals surface area contributed by atoms with Gasteiger partial charge in [0.15, 0.2) is 0 Å². The summed E-state index contributed by atoms with van der Waals surface area (Å²) in [6, 6.07) is 14.1. The molecule has 0 amide bonds. The number of fused-ring (bicyclic) bond motifs is 1. The Labute approximate surface area is 175 Å². The minimum atomic E-state index is -0.301. The van der Waals surface area contributed by atoms with E-state index >= 15 is 0 Å². The number of rotatable bonds is 5. The number of thiazole rings is 1. The Kier molecular flexibility index (Phi) is 5.65. The minimum Gasteiger partial charge on any atom is -0.465 e. The highest BCUT2D eigenvalue weighted by molar-refractivity contribution is 7.18. The Morgan fingerprint density at radius 1 is 1.17 bits per heavy atom. The second-order valence-corrected chi connectivity index (χ2v) is 8.46. The molecular weight excluding hydrogens is 382 g/mol. The lowest BCUT2D eigenvalue weighted by Crippen LogP contribution is -2.46. The minimum absolute atomic E-state index is 0.301. The van der Waals surface area contributed by atoms with E-state index in [1.807, 2.05) is 25.1 Å². The average Bonchev–Trinajstić information content (AvgIpc) is 3.15. The average molecular weight is 408 g/mol. The fourth-order valence-corrected chi connectivity index (χ4v) is 4.68. The third-order valence-electron chi connectivity index (χ3n) is 5.31. The largest absolute Gasteiger partial charge is 0.465 e. The van der Waals surface area contributed by atoms with Crippen molar-refractivity contribution in [3.8, 4) is 0 Å². The second-order valence-electron chi connectivity index (χ2n) is 7.34. The van der Waals surface area contributed by atoms with Crippen LogP contribution in [0.3, 0.4) is 0 Å². The maximum absolute atomic E-state index is 12.3. The van der Waals surface area contributed by atoms with Crippen molar-refractivity contribution < 1.29 is 9.53 Å². The molecule has 1 aliphatic heterocycles. The number of ether oxygens (including phenoxy) is 1. The van der Waals surface area contributed by atoms with Gasteiger partial charge < -0.3 is 9.64 Å². The van der Waals surface area contributed by atoms with Gasteiger partial charge in [-0.3, -0.25) is 4.90 Å². The fourth-order valence-electron chi connectivity index (χ4n) is 3.67. The summed E-state index contributed by atoms with van der Waals surface area (Å²) in [6.45, 7) is 10.4. The van der Waals surface area contributed by atoms with Crippen LogP contribution in [0.25, 0.3) is 15.8 Å². The third kappa shape index (κ3) is 4.18. The molecule has 0 saturated carbocycles. The summed E-state index contributed by atoms with van der Waals surface area (Å²) < 4.78 is 6.23. The third-order valence-corrected chi connectivity index (χ3v) is 6.33. The van der Waals surface area contributed by atoms with E-state index in [-0.39, 0.29) is 5.97 Å². The quantitative estimate of drug-likeness (QED) is 0.585. The number of piperazine rings is 1. The molecule has 5 nitrogen and oxygen atoms in total.